The molecular formula is C26H40N4O4. The van der Waals surface area contributed by atoms with Crippen LogP contribution in [0.25, 0.3) is 0 Å². The van der Waals surface area contributed by atoms with E-state index >= 15 is 0 Å². The number of hydrogen-bond acceptors (Lipinski definition) is 8. The van der Waals surface area contributed by atoms with Gasteiger partial charge in [0.2, 0.25) is 0 Å². The summed E-state index contributed by atoms with van der Waals surface area (Å²) in [7, 11) is 0. The highest BCUT2D eigenvalue weighted by Crippen LogP contribution is 2.36. The molecule has 8 nitrogen and oxygen atoms in total. The molecule has 0 spiro atoms. The molecule has 188 valence electrons. The predicted molar refractivity (Wildman–Crippen MR) is 130 cm³/mol. The van der Waals surface area contributed by atoms with E-state index in [4.69, 9.17) is 9.47 Å². The zero-order valence-electron chi connectivity index (χ0n) is 20.9. The zero-order chi connectivity index (χ0) is 24.2. The maximum Gasteiger partial charge on any atom is 0.371 e. The number of esters is 1. The highest BCUT2D eigenvalue weighted by atomic mass is 16.6. The Hall–Kier alpha value is -2.03. The summed E-state index contributed by atoms with van der Waals surface area (Å²) in [6.07, 6.45) is 8.09. The van der Waals surface area contributed by atoms with E-state index in [2.05, 4.69) is 19.7 Å². The monoisotopic (exact) mass is 472 g/mol. The third-order valence-electron chi connectivity index (χ3n) is 7.12. The van der Waals surface area contributed by atoms with Crippen LogP contribution in [0.4, 0.5) is 5.82 Å². The Morgan fingerprint density at radius 2 is 1.62 bits per heavy atom. The minimum Gasteiger partial charge on any atom is -0.456 e. The third-order valence-corrected chi connectivity index (χ3v) is 7.12. The average molecular weight is 473 g/mol. The highest BCUT2D eigenvalue weighted by molar-refractivity contribution is 5.79. The van der Waals surface area contributed by atoms with Gasteiger partial charge in [-0.2, -0.15) is 0 Å². The van der Waals surface area contributed by atoms with Crippen molar-refractivity contribution < 1.29 is 19.1 Å². The smallest absolute Gasteiger partial charge is 0.371 e. The molecule has 34 heavy (non-hydrogen) atoms. The van der Waals surface area contributed by atoms with E-state index in [1.54, 1.807) is 0 Å². The van der Waals surface area contributed by atoms with E-state index in [0.717, 1.165) is 76.8 Å². The maximum absolute atomic E-state index is 14.0. The summed E-state index contributed by atoms with van der Waals surface area (Å²) in [5, 5.41) is 0. The van der Waals surface area contributed by atoms with Crippen molar-refractivity contribution >= 4 is 18.1 Å². The first kappa shape index (κ1) is 25.1. The van der Waals surface area contributed by atoms with Crippen molar-refractivity contribution in [2.45, 2.75) is 76.9 Å². The summed E-state index contributed by atoms with van der Waals surface area (Å²) in [5.41, 5.74) is -0.615. The van der Waals surface area contributed by atoms with Crippen LogP contribution in [0.5, 0.6) is 0 Å². The van der Waals surface area contributed by atoms with Crippen molar-refractivity contribution in [2.75, 3.05) is 44.2 Å². The number of pyridine rings is 1. The van der Waals surface area contributed by atoms with Crippen LogP contribution >= 0.6 is 0 Å². The fraction of sp³-hybridized carbons (Fsp3) is 0.731. The normalized spacial score (nSPS) is 26.7. The summed E-state index contributed by atoms with van der Waals surface area (Å²) in [6.45, 7) is 10.2. The Kier molecular flexibility index (Phi) is 7.90. The van der Waals surface area contributed by atoms with Crippen molar-refractivity contribution in [3.05, 3.63) is 24.4 Å². The number of carbonyl (C=O) groups excluding carboxylic acids is 2. The van der Waals surface area contributed by atoms with Gasteiger partial charge in [0, 0.05) is 51.4 Å². The fourth-order valence-electron chi connectivity index (χ4n) is 5.37. The van der Waals surface area contributed by atoms with Crippen molar-refractivity contribution in [1.82, 2.24) is 14.8 Å². The number of aldehydes is 1. The average Bonchev–Trinajstić information content (AvgIpc) is 3.38. The second-order valence-electron chi connectivity index (χ2n) is 10.8. The Bertz CT molecular complexity index is 808. The molecule has 2 saturated heterocycles. The molecule has 3 fully saturated rings. The SMILES string of the molecule is CC(C)(C)OC(=O)C(OC1CCC(C=O)CC1)(N1CCCC1)N1CCN(c2ccccn2)CC1. The highest BCUT2D eigenvalue weighted by Gasteiger charge is 2.55. The van der Waals surface area contributed by atoms with Crippen molar-refractivity contribution in [3.8, 4) is 0 Å². The number of carbonyl (C=O) groups is 2. The van der Waals surface area contributed by atoms with E-state index in [-0.39, 0.29) is 18.0 Å². The predicted octanol–water partition coefficient (Wildman–Crippen LogP) is 3.07. The largest absolute Gasteiger partial charge is 0.456 e. The molecular weight excluding hydrogens is 432 g/mol. The van der Waals surface area contributed by atoms with Gasteiger partial charge in [-0.3, -0.25) is 4.90 Å². The van der Waals surface area contributed by atoms with Gasteiger partial charge in [-0.1, -0.05) is 6.07 Å². The van der Waals surface area contributed by atoms with E-state index in [1.165, 1.54) is 0 Å². The number of aromatic nitrogens is 1. The van der Waals surface area contributed by atoms with Crippen LogP contribution in [0.1, 0.15) is 59.3 Å². The lowest BCUT2D eigenvalue weighted by molar-refractivity contribution is -0.278. The molecule has 1 aromatic rings. The second-order valence-corrected chi connectivity index (χ2v) is 10.8. The Labute approximate surface area is 203 Å². The van der Waals surface area contributed by atoms with E-state index in [1.807, 2.05) is 45.2 Å². The number of hydrogen-bond donors (Lipinski definition) is 0. The lowest BCUT2D eigenvalue weighted by atomic mass is 9.88. The van der Waals surface area contributed by atoms with Gasteiger partial charge in [0.1, 0.15) is 17.7 Å². The summed E-state index contributed by atoms with van der Waals surface area (Å²) >= 11 is 0. The lowest BCUT2D eigenvalue weighted by Crippen LogP contribution is -2.71. The minimum absolute atomic E-state index is 0.0712. The molecule has 1 atom stereocenters. The number of anilines is 1. The molecule has 1 aliphatic carbocycles. The molecule has 0 amide bonds. The Balaban J connectivity index is 1.60. The third kappa shape index (κ3) is 5.61. The van der Waals surface area contributed by atoms with Crippen molar-refractivity contribution in [1.29, 1.82) is 0 Å². The number of rotatable bonds is 7. The Morgan fingerprint density at radius 1 is 0.971 bits per heavy atom. The molecule has 0 radical (unpaired) electrons. The molecule has 1 unspecified atom stereocenters. The molecule has 0 N–H and O–H groups in total. The van der Waals surface area contributed by atoms with Crippen LogP contribution in [0.3, 0.4) is 0 Å². The molecule has 3 aliphatic rings. The molecule has 3 heterocycles. The van der Waals surface area contributed by atoms with Gasteiger partial charge in [-0.15, -0.1) is 0 Å². The van der Waals surface area contributed by atoms with Gasteiger partial charge in [0.15, 0.2) is 0 Å². The fourth-order valence-corrected chi connectivity index (χ4v) is 5.37. The van der Waals surface area contributed by atoms with E-state index < -0.39 is 11.4 Å². The van der Waals surface area contributed by atoms with Crippen LogP contribution in [-0.4, -0.2) is 83.9 Å². The van der Waals surface area contributed by atoms with Crippen molar-refractivity contribution in [2.24, 2.45) is 5.92 Å². The van der Waals surface area contributed by atoms with Crippen LogP contribution in [0, 0.1) is 5.92 Å². The molecule has 1 saturated carbocycles. The quantitative estimate of drug-likeness (QED) is 0.443. The minimum atomic E-state index is -1.24. The number of piperazine rings is 1. The maximum atomic E-state index is 14.0. The van der Waals surface area contributed by atoms with Gasteiger partial charge in [-0.25, -0.2) is 14.7 Å². The Morgan fingerprint density at radius 3 is 2.18 bits per heavy atom. The van der Waals surface area contributed by atoms with Crippen LogP contribution in [0.15, 0.2) is 24.4 Å². The van der Waals surface area contributed by atoms with Gasteiger partial charge >= 0.3 is 5.97 Å². The topological polar surface area (TPSA) is 75.2 Å². The molecule has 0 bridgehead atoms. The number of ether oxygens (including phenoxy) is 2. The molecule has 0 aromatic carbocycles. The van der Waals surface area contributed by atoms with Crippen LogP contribution in [-0.2, 0) is 19.1 Å². The van der Waals surface area contributed by atoms with E-state index in [9.17, 15) is 9.59 Å². The number of nitrogens with zero attached hydrogens (tertiary/aromatic N) is 4. The van der Waals surface area contributed by atoms with Crippen LogP contribution in [0.2, 0.25) is 0 Å². The van der Waals surface area contributed by atoms with Gasteiger partial charge in [-0.05, 0) is 71.4 Å². The number of likely N-dealkylation sites (tertiary alicyclic amines) is 1. The lowest BCUT2D eigenvalue weighted by Gasteiger charge is -2.51. The van der Waals surface area contributed by atoms with Crippen molar-refractivity contribution in [3.63, 3.8) is 0 Å². The molecule has 2 aliphatic heterocycles. The first-order chi connectivity index (χ1) is 16.3. The van der Waals surface area contributed by atoms with Gasteiger partial charge in [0.25, 0.3) is 5.85 Å². The molecule has 8 heteroatoms. The summed E-state index contributed by atoms with van der Waals surface area (Å²) < 4.78 is 12.9. The summed E-state index contributed by atoms with van der Waals surface area (Å²) in [4.78, 5) is 36.4. The standard InChI is InChI=1S/C26H40N4O4/c1-25(2,3)34-24(32)26(29-14-6-7-15-29,33-22-11-9-21(20-31)10-12-22)30-18-16-28(17-19-30)23-8-4-5-13-27-23/h4-5,8,13,20-22H,6-7,9-12,14-19H2,1-3H3. The van der Waals surface area contributed by atoms with Gasteiger partial charge in [0.05, 0.1) is 6.10 Å². The molecule has 1 aromatic heterocycles. The van der Waals surface area contributed by atoms with E-state index in [0.29, 0.717) is 13.1 Å². The summed E-state index contributed by atoms with van der Waals surface area (Å²) in [5.74, 6) is -0.493. The zero-order valence-corrected chi connectivity index (χ0v) is 20.9. The summed E-state index contributed by atoms with van der Waals surface area (Å²) in [6, 6.07) is 5.95. The van der Waals surface area contributed by atoms with Gasteiger partial charge < -0.3 is 19.2 Å². The molecule has 4 rings (SSSR count). The first-order valence-electron chi connectivity index (χ1n) is 12.8. The first-order valence-corrected chi connectivity index (χ1v) is 12.8. The second kappa shape index (κ2) is 10.7. The van der Waals surface area contributed by atoms with Crippen LogP contribution < -0.4 is 4.90 Å².